The lowest BCUT2D eigenvalue weighted by molar-refractivity contribution is 0.334. The Morgan fingerprint density at radius 2 is 2.29 bits per heavy atom. The molecule has 4 heteroatoms. The minimum Gasteiger partial charge on any atom is -0.490 e. The van der Waals surface area contributed by atoms with Gasteiger partial charge in [0.15, 0.2) is 11.6 Å². The molecule has 1 aliphatic heterocycles. The molecule has 2 rings (SSSR count). The van der Waals surface area contributed by atoms with E-state index in [0.29, 0.717) is 12.6 Å². The lowest BCUT2D eigenvalue weighted by atomic mass is 10.1. The molecular weight excluding hydrogens is 214 g/mol. The van der Waals surface area contributed by atoms with Crippen molar-refractivity contribution >= 4 is 5.82 Å². The fourth-order valence-electron chi connectivity index (χ4n) is 2.06. The molecule has 1 saturated heterocycles. The van der Waals surface area contributed by atoms with E-state index in [1.165, 1.54) is 0 Å². The molecule has 94 valence electrons. The van der Waals surface area contributed by atoms with Gasteiger partial charge >= 0.3 is 0 Å². The van der Waals surface area contributed by atoms with Crippen LogP contribution in [0.25, 0.3) is 0 Å². The lowest BCUT2D eigenvalue weighted by Gasteiger charge is -2.39. The average molecular weight is 235 g/mol. The van der Waals surface area contributed by atoms with Crippen LogP contribution in [0.4, 0.5) is 5.82 Å². The van der Waals surface area contributed by atoms with E-state index < -0.39 is 0 Å². The highest BCUT2D eigenvalue weighted by Gasteiger charge is 2.26. The molecule has 4 nitrogen and oxygen atoms in total. The molecule has 1 N–H and O–H groups in total. The summed E-state index contributed by atoms with van der Waals surface area (Å²) in [5, 5.41) is 3.31. The smallest absolute Gasteiger partial charge is 0.171 e. The molecule has 2 heterocycles. The molecule has 0 aliphatic carbocycles. The van der Waals surface area contributed by atoms with E-state index in [1.54, 1.807) is 0 Å². The average Bonchev–Trinajstić information content (AvgIpc) is 2.27. The largest absolute Gasteiger partial charge is 0.490 e. The van der Waals surface area contributed by atoms with Crippen LogP contribution in [-0.4, -0.2) is 37.3 Å². The van der Waals surface area contributed by atoms with Gasteiger partial charge in [0.25, 0.3) is 0 Å². The number of hydrogen-bond acceptors (Lipinski definition) is 4. The van der Waals surface area contributed by atoms with E-state index in [-0.39, 0.29) is 0 Å². The third-order valence-electron chi connectivity index (χ3n) is 2.99. The Hall–Kier alpha value is -1.29. The predicted octanol–water partition coefficient (Wildman–Crippen LogP) is 1.67. The van der Waals surface area contributed by atoms with Crippen LogP contribution in [0, 0.1) is 0 Å². The second-order valence-corrected chi connectivity index (χ2v) is 4.26. The monoisotopic (exact) mass is 235 g/mol. The van der Waals surface area contributed by atoms with Gasteiger partial charge in [0.2, 0.25) is 0 Å². The molecule has 0 atom stereocenters. The van der Waals surface area contributed by atoms with Gasteiger partial charge in [-0.3, -0.25) is 0 Å². The molecule has 0 amide bonds. The van der Waals surface area contributed by atoms with Gasteiger partial charge in [-0.25, -0.2) is 4.98 Å². The van der Waals surface area contributed by atoms with Gasteiger partial charge in [-0.15, -0.1) is 0 Å². The number of nitrogens with zero attached hydrogens (tertiary/aromatic N) is 2. The van der Waals surface area contributed by atoms with Crippen molar-refractivity contribution in [1.82, 2.24) is 10.3 Å². The van der Waals surface area contributed by atoms with E-state index in [0.717, 1.165) is 37.6 Å². The predicted molar refractivity (Wildman–Crippen MR) is 69.7 cm³/mol. The van der Waals surface area contributed by atoms with Gasteiger partial charge in [-0.2, -0.15) is 0 Å². The second kappa shape index (κ2) is 5.87. The molecule has 0 saturated carbocycles. The van der Waals surface area contributed by atoms with Gasteiger partial charge < -0.3 is 15.0 Å². The molecule has 0 radical (unpaired) electrons. The summed E-state index contributed by atoms with van der Waals surface area (Å²) in [4.78, 5) is 6.85. The minimum absolute atomic E-state index is 0.559. The zero-order valence-electron chi connectivity index (χ0n) is 10.6. The van der Waals surface area contributed by atoms with Crippen molar-refractivity contribution in [2.24, 2.45) is 0 Å². The zero-order chi connectivity index (χ0) is 12.1. The summed E-state index contributed by atoms with van der Waals surface area (Å²) in [5.41, 5.74) is 0. The molecule has 0 unspecified atom stereocenters. The van der Waals surface area contributed by atoms with Crippen molar-refractivity contribution in [3.05, 3.63) is 18.3 Å². The Morgan fingerprint density at radius 3 is 2.88 bits per heavy atom. The summed E-state index contributed by atoms with van der Waals surface area (Å²) in [5.74, 6) is 1.89. The Morgan fingerprint density at radius 1 is 1.47 bits per heavy atom. The number of pyridine rings is 1. The van der Waals surface area contributed by atoms with Crippen LogP contribution in [0.5, 0.6) is 5.75 Å². The van der Waals surface area contributed by atoms with Gasteiger partial charge in [-0.1, -0.05) is 6.92 Å². The second-order valence-electron chi connectivity index (χ2n) is 4.26. The van der Waals surface area contributed by atoms with Crippen LogP contribution in [0.3, 0.4) is 0 Å². The van der Waals surface area contributed by atoms with Gasteiger partial charge in [0.1, 0.15) is 0 Å². The topological polar surface area (TPSA) is 37.4 Å². The number of rotatable bonds is 6. The van der Waals surface area contributed by atoms with Crippen LogP contribution >= 0.6 is 0 Å². The van der Waals surface area contributed by atoms with Crippen LogP contribution in [0.1, 0.15) is 20.3 Å². The third kappa shape index (κ3) is 2.69. The SMILES string of the molecule is CCCN(c1ncccc1OCC)C1CNC1. The first-order valence-electron chi connectivity index (χ1n) is 6.42. The first-order chi connectivity index (χ1) is 8.36. The third-order valence-corrected chi connectivity index (χ3v) is 2.99. The van der Waals surface area contributed by atoms with E-state index >= 15 is 0 Å². The van der Waals surface area contributed by atoms with Crippen LogP contribution in [-0.2, 0) is 0 Å². The Balaban J connectivity index is 2.21. The van der Waals surface area contributed by atoms with Crippen LogP contribution in [0.2, 0.25) is 0 Å². The number of hydrogen-bond donors (Lipinski definition) is 1. The van der Waals surface area contributed by atoms with Gasteiger partial charge in [0, 0.05) is 25.8 Å². The Kier molecular flexibility index (Phi) is 4.20. The highest BCUT2D eigenvalue weighted by atomic mass is 16.5. The summed E-state index contributed by atoms with van der Waals surface area (Å²) in [6.07, 6.45) is 2.96. The Labute approximate surface area is 103 Å². The van der Waals surface area contributed by atoms with E-state index in [2.05, 4.69) is 22.1 Å². The standard InChI is InChI=1S/C13H21N3O/c1-3-8-16(11-9-14-10-11)13-12(17-4-2)6-5-7-15-13/h5-7,11,14H,3-4,8-10H2,1-2H3. The van der Waals surface area contributed by atoms with Crippen molar-refractivity contribution in [2.75, 3.05) is 31.1 Å². The molecular formula is C13H21N3O. The first kappa shape index (κ1) is 12.2. The summed E-state index contributed by atoms with van der Waals surface area (Å²) in [7, 11) is 0. The molecule has 1 aromatic rings. The van der Waals surface area contributed by atoms with Crippen molar-refractivity contribution in [2.45, 2.75) is 26.3 Å². The van der Waals surface area contributed by atoms with Crippen molar-refractivity contribution in [1.29, 1.82) is 0 Å². The normalized spacial score (nSPS) is 15.4. The maximum Gasteiger partial charge on any atom is 0.171 e. The van der Waals surface area contributed by atoms with Crippen molar-refractivity contribution < 1.29 is 4.74 Å². The molecule has 17 heavy (non-hydrogen) atoms. The maximum absolute atomic E-state index is 5.66. The highest BCUT2D eigenvalue weighted by Crippen LogP contribution is 2.27. The molecule has 1 fully saturated rings. The maximum atomic E-state index is 5.66. The van der Waals surface area contributed by atoms with Gasteiger partial charge in [-0.05, 0) is 25.5 Å². The van der Waals surface area contributed by atoms with Gasteiger partial charge in [0.05, 0.1) is 12.6 Å². The van der Waals surface area contributed by atoms with E-state index in [1.807, 2.05) is 25.3 Å². The van der Waals surface area contributed by atoms with Crippen LogP contribution < -0.4 is 15.0 Å². The number of aromatic nitrogens is 1. The molecule has 0 aromatic carbocycles. The summed E-state index contributed by atoms with van der Waals surface area (Å²) in [6, 6.07) is 4.49. The number of anilines is 1. The van der Waals surface area contributed by atoms with Crippen molar-refractivity contribution in [3.8, 4) is 5.75 Å². The number of nitrogens with one attached hydrogen (secondary N) is 1. The first-order valence-corrected chi connectivity index (χ1v) is 6.42. The fourth-order valence-corrected chi connectivity index (χ4v) is 2.06. The van der Waals surface area contributed by atoms with E-state index in [9.17, 15) is 0 Å². The fraction of sp³-hybridized carbons (Fsp3) is 0.615. The quantitative estimate of drug-likeness (QED) is 0.814. The van der Waals surface area contributed by atoms with E-state index in [4.69, 9.17) is 4.74 Å². The number of ether oxygens (including phenoxy) is 1. The molecule has 0 spiro atoms. The van der Waals surface area contributed by atoms with Crippen LogP contribution in [0.15, 0.2) is 18.3 Å². The molecule has 0 bridgehead atoms. The molecule has 1 aliphatic rings. The zero-order valence-corrected chi connectivity index (χ0v) is 10.6. The summed E-state index contributed by atoms with van der Waals surface area (Å²) < 4.78 is 5.66. The van der Waals surface area contributed by atoms with Crippen molar-refractivity contribution in [3.63, 3.8) is 0 Å². The molecule has 1 aromatic heterocycles. The summed E-state index contributed by atoms with van der Waals surface area (Å²) >= 11 is 0. The lowest BCUT2D eigenvalue weighted by Crippen LogP contribution is -2.57. The summed E-state index contributed by atoms with van der Waals surface area (Å²) in [6.45, 7) is 8.00. The minimum atomic E-state index is 0.559. The Bertz CT molecular complexity index is 352. The highest BCUT2D eigenvalue weighted by molar-refractivity contribution is 5.53.